The van der Waals surface area contributed by atoms with Crippen LogP contribution < -0.4 is 25.0 Å². The van der Waals surface area contributed by atoms with Crippen LogP contribution in [0.1, 0.15) is 5.56 Å². The Bertz CT molecular complexity index is 1350. The fraction of sp³-hybridized carbons (Fsp3) is 0.0909. The molecule has 0 unspecified atom stereocenters. The van der Waals surface area contributed by atoms with E-state index < -0.39 is 11.8 Å². The van der Waals surface area contributed by atoms with Crippen molar-refractivity contribution in [2.24, 2.45) is 5.10 Å². The molecule has 2 heterocycles. The van der Waals surface area contributed by atoms with Crippen molar-refractivity contribution >= 4 is 17.9 Å². The quantitative estimate of drug-likeness (QED) is 0.291. The van der Waals surface area contributed by atoms with Gasteiger partial charge < -0.3 is 19.5 Å². The number of hydrogen-bond donors (Lipinski definition) is 2. The van der Waals surface area contributed by atoms with Gasteiger partial charge in [0.15, 0.2) is 17.4 Å². The van der Waals surface area contributed by atoms with E-state index in [1.807, 2.05) is 0 Å². The number of hydrazone groups is 1. The lowest BCUT2D eigenvalue weighted by molar-refractivity contribution is 0.252. The predicted molar refractivity (Wildman–Crippen MR) is 123 cm³/mol. The third-order valence-electron chi connectivity index (χ3n) is 4.53. The molecule has 12 nitrogen and oxygen atoms in total. The van der Waals surface area contributed by atoms with Crippen LogP contribution in [-0.2, 0) is 0 Å². The van der Waals surface area contributed by atoms with E-state index in [9.17, 15) is 9.18 Å². The van der Waals surface area contributed by atoms with Gasteiger partial charge in [0.25, 0.3) is 0 Å². The topological polar surface area (TPSA) is 138 Å². The molecule has 4 aromatic rings. The second-order valence-corrected chi connectivity index (χ2v) is 6.78. The van der Waals surface area contributed by atoms with Gasteiger partial charge in [0.2, 0.25) is 0 Å². The average molecular weight is 478 g/mol. The number of carbonyl (C=O) groups is 1. The molecule has 0 saturated heterocycles. The molecule has 0 saturated carbocycles. The second kappa shape index (κ2) is 10.7. The highest BCUT2D eigenvalue weighted by Crippen LogP contribution is 2.27. The van der Waals surface area contributed by atoms with Gasteiger partial charge in [0.1, 0.15) is 23.6 Å². The Kier molecular flexibility index (Phi) is 7.06. The molecule has 2 aromatic carbocycles. The Morgan fingerprint density at radius 1 is 1.06 bits per heavy atom. The van der Waals surface area contributed by atoms with Crippen molar-refractivity contribution in [2.45, 2.75) is 0 Å². The number of nitrogens with zero attached hydrogens (tertiary/aromatic N) is 6. The van der Waals surface area contributed by atoms with E-state index in [1.54, 1.807) is 37.4 Å². The van der Waals surface area contributed by atoms with Gasteiger partial charge in [0, 0.05) is 35.6 Å². The van der Waals surface area contributed by atoms with Gasteiger partial charge in [-0.15, -0.1) is 5.10 Å². The molecule has 178 valence electrons. The fourth-order valence-electron chi connectivity index (χ4n) is 2.89. The maximum absolute atomic E-state index is 14.6. The van der Waals surface area contributed by atoms with E-state index in [1.165, 1.54) is 42.7 Å². The molecular weight excluding hydrogens is 459 g/mol. The Hall–Kier alpha value is -5.07. The summed E-state index contributed by atoms with van der Waals surface area (Å²) in [6.45, 7) is 0. The van der Waals surface area contributed by atoms with Crippen LogP contribution in [0.5, 0.6) is 23.0 Å². The number of rotatable bonds is 8. The molecule has 0 atom stereocenters. The Balaban J connectivity index is 1.36. The maximum atomic E-state index is 14.6. The number of anilines is 1. The number of pyridine rings is 1. The molecule has 0 fully saturated rings. The molecule has 0 spiro atoms. The normalized spacial score (nSPS) is 10.7. The highest BCUT2D eigenvalue weighted by atomic mass is 19.1. The standard InChI is InChI=1S/C22H19FN8O4/c1-33-16-5-3-14(20(10-16)34-2)12-25-28-22(32)27-15-4-6-19(18(23)9-15)35-17-7-8-24-21(11-17)31-13-26-29-30-31/h3-13H,1-2H3,(H2,27,28,32)/b25-12+. The first-order chi connectivity index (χ1) is 17.1. The second-order valence-electron chi connectivity index (χ2n) is 6.78. The molecule has 0 radical (unpaired) electrons. The van der Waals surface area contributed by atoms with Crippen molar-refractivity contribution in [3.63, 3.8) is 0 Å². The molecular formula is C22H19FN8O4. The summed E-state index contributed by atoms with van der Waals surface area (Å²) in [6.07, 6.45) is 4.26. The van der Waals surface area contributed by atoms with E-state index in [0.717, 1.165) is 6.07 Å². The monoisotopic (exact) mass is 478 g/mol. The number of ether oxygens (including phenoxy) is 3. The summed E-state index contributed by atoms with van der Waals surface area (Å²) in [6, 6.07) is 11.6. The van der Waals surface area contributed by atoms with Crippen molar-refractivity contribution in [2.75, 3.05) is 19.5 Å². The summed E-state index contributed by atoms with van der Waals surface area (Å²) < 4.78 is 31.9. The summed E-state index contributed by atoms with van der Waals surface area (Å²) in [5.74, 6) is 1.13. The van der Waals surface area contributed by atoms with Crippen molar-refractivity contribution < 1.29 is 23.4 Å². The van der Waals surface area contributed by atoms with Crippen LogP contribution in [0.4, 0.5) is 14.9 Å². The average Bonchev–Trinajstić information content (AvgIpc) is 3.41. The van der Waals surface area contributed by atoms with E-state index in [0.29, 0.717) is 28.6 Å². The maximum Gasteiger partial charge on any atom is 0.339 e. The lowest BCUT2D eigenvalue weighted by atomic mass is 10.2. The summed E-state index contributed by atoms with van der Waals surface area (Å²) in [5.41, 5.74) is 3.13. The number of hydrogen-bond acceptors (Lipinski definition) is 9. The molecule has 2 amide bonds. The lowest BCUT2D eigenvalue weighted by Gasteiger charge is -2.10. The highest BCUT2D eigenvalue weighted by molar-refractivity contribution is 5.91. The molecule has 4 rings (SSSR count). The van der Waals surface area contributed by atoms with Crippen LogP contribution in [0.25, 0.3) is 5.82 Å². The minimum absolute atomic E-state index is 0.0468. The molecule has 35 heavy (non-hydrogen) atoms. The van der Waals surface area contributed by atoms with E-state index in [4.69, 9.17) is 14.2 Å². The third-order valence-corrected chi connectivity index (χ3v) is 4.53. The van der Waals surface area contributed by atoms with Gasteiger partial charge in [-0.1, -0.05) is 0 Å². The van der Waals surface area contributed by atoms with Crippen LogP contribution in [0.3, 0.4) is 0 Å². The largest absolute Gasteiger partial charge is 0.497 e. The van der Waals surface area contributed by atoms with Gasteiger partial charge in [-0.25, -0.2) is 19.6 Å². The van der Waals surface area contributed by atoms with Crippen molar-refractivity contribution in [3.8, 4) is 28.8 Å². The zero-order valence-corrected chi connectivity index (χ0v) is 18.5. The van der Waals surface area contributed by atoms with Gasteiger partial charge in [-0.3, -0.25) is 0 Å². The van der Waals surface area contributed by atoms with Crippen LogP contribution in [0.2, 0.25) is 0 Å². The van der Waals surface area contributed by atoms with Crippen molar-refractivity contribution in [1.29, 1.82) is 0 Å². The highest BCUT2D eigenvalue weighted by Gasteiger charge is 2.10. The molecule has 2 N–H and O–H groups in total. The third kappa shape index (κ3) is 5.84. The number of methoxy groups -OCH3 is 2. The van der Waals surface area contributed by atoms with E-state index >= 15 is 0 Å². The Morgan fingerprint density at radius 2 is 1.94 bits per heavy atom. The summed E-state index contributed by atoms with van der Waals surface area (Å²) in [7, 11) is 3.06. The van der Waals surface area contributed by atoms with Crippen LogP contribution in [0, 0.1) is 5.82 Å². The fourth-order valence-corrected chi connectivity index (χ4v) is 2.89. The van der Waals surface area contributed by atoms with Crippen molar-refractivity contribution in [3.05, 3.63) is 72.4 Å². The molecule has 0 bridgehead atoms. The molecule has 0 aliphatic carbocycles. The Labute approximate surface area is 198 Å². The zero-order chi connectivity index (χ0) is 24.6. The number of aromatic nitrogens is 5. The zero-order valence-electron chi connectivity index (χ0n) is 18.5. The van der Waals surface area contributed by atoms with E-state index in [2.05, 4.69) is 36.4 Å². The van der Waals surface area contributed by atoms with Crippen molar-refractivity contribution in [1.82, 2.24) is 30.6 Å². The molecule has 0 aliphatic rings. The SMILES string of the molecule is COc1ccc(/C=N/NC(=O)Nc2ccc(Oc3ccnc(-n4cnnn4)c3)c(F)c2)c(OC)c1. The van der Waals surface area contributed by atoms with Crippen LogP contribution in [-0.4, -0.2) is 51.7 Å². The molecule has 13 heteroatoms. The first-order valence-corrected chi connectivity index (χ1v) is 10.0. The number of urea groups is 1. The minimum Gasteiger partial charge on any atom is -0.497 e. The number of nitrogens with one attached hydrogen (secondary N) is 2. The molecule has 0 aliphatic heterocycles. The smallest absolute Gasteiger partial charge is 0.339 e. The van der Waals surface area contributed by atoms with Gasteiger partial charge >= 0.3 is 6.03 Å². The van der Waals surface area contributed by atoms with Crippen LogP contribution in [0.15, 0.2) is 66.2 Å². The summed E-state index contributed by atoms with van der Waals surface area (Å²) >= 11 is 0. The van der Waals surface area contributed by atoms with Gasteiger partial charge in [0.05, 0.1) is 20.4 Å². The first-order valence-electron chi connectivity index (χ1n) is 10.0. The molecule has 2 aromatic heterocycles. The number of halogens is 1. The summed E-state index contributed by atoms with van der Waals surface area (Å²) in [4.78, 5) is 16.3. The number of carbonyl (C=O) groups excluding carboxylic acids is 1. The first kappa shape index (κ1) is 23.1. The Morgan fingerprint density at radius 3 is 2.69 bits per heavy atom. The van der Waals surface area contributed by atoms with Crippen LogP contribution >= 0.6 is 0 Å². The van der Waals surface area contributed by atoms with Gasteiger partial charge in [-0.05, 0) is 40.8 Å². The predicted octanol–water partition coefficient (Wildman–Crippen LogP) is 3.16. The van der Waals surface area contributed by atoms with Gasteiger partial charge in [-0.2, -0.15) is 9.78 Å². The number of benzene rings is 2. The van der Waals surface area contributed by atoms with E-state index in [-0.39, 0.29) is 11.4 Å². The summed E-state index contributed by atoms with van der Waals surface area (Å²) in [5, 5.41) is 17.2. The number of tetrazole rings is 1. The number of amides is 2. The minimum atomic E-state index is -0.685. The lowest BCUT2D eigenvalue weighted by Crippen LogP contribution is -2.24.